The summed E-state index contributed by atoms with van der Waals surface area (Å²) in [5.74, 6) is 1.71. The number of benzene rings is 1. The van der Waals surface area contributed by atoms with Crippen LogP contribution in [0, 0.1) is 5.92 Å². The van der Waals surface area contributed by atoms with E-state index >= 15 is 0 Å². The summed E-state index contributed by atoms with van der Waals surface area (Å²) < 4.78 is 1.03. The molecule has 96 valence electrons. The van der Waals surface area contributed by atoms with E-state index in [2.05, 4.69) is 18.8 Å². The molecule has 0 saturated heterocycles. The summed E-state index contributed by atoms with van der Waals surface area (Å²) in [5.41, 5.74) is 7.91. The van der Waals surface area contributed by atoms with Gasteiger partial charge in [-0.1, -0.05) is 60.7 Å². The van der Waals surface area contributed by atoms with Gasteiger partial charge < -0.3 is 5.73 Å². The fourth-order valence-electron chi connectivity index (χ4n) is 1.43. The first-order valence-corrected chi connectivity index (χ1v) is 7.89. The molecule has 0 fully saturated rings. The zero-order chi connectivity index (χ0) is 13.1. The number of aromatic nitrogens is 1. The highest BCUT2D eigenvalue weighted by Gasteiger charge is 2.11. The van der Waals surface area contributed by atoms with E-state index in [0.717, 1.165) is 31.4 Å². The lowest BCUT2D eigenvalue weighted by molar-refractivity contribution is 0.750. The smallest absolute Gasteiger partial charge is 0.152 e. The molecule has 1 aromatic heterocycles. The molecule has 0 radical (unpaired) electrons. The summed E-state index contributed by atoms with van der Waals surface area (Å²) in [6.07, 6.45) is 0. The number of halogens is 1. The number of thioether (sulfide) groups is 1. The molecule has 0 amide bonds. The van der Waals surface area contributed by atoms with Gasteiger partial charge >= 0.3 is 0 Å². The van der Waals surface area contributed by atoms with Crippen LogP contribution < -0.4 is 5.73 Å². The second-order valence-corrected chi connectivity index (χ2v) is 7.14. The minimum atomic E-state index is 0.652. The number of thiazole rings is 1. The van der Waals surface area contributed by atoms with Crippen molar-refractivity contribution in [3.63, 3.8) is 0 Å². The van der Waals surface area contributed by atoms with Crippen molar-refractivity contribution in [3.8, 4) is 11.3 Å². The number of nitrogens with zero attached hydrogens (tertiary/aromatic N) is 1. The Kier molecular flexibility index (Phi) is 4.54. The maximum Gasteiger partial charge on any atom is 0.152 e. The van der Waals surface area contributed by atoms with Crippen LogP contribution in [0.3, 0.4) is 0 Å². The lowest BCUT2D eigenvalue weighted by atomic mass is 10.2. The Labute approximate surface area is 121 Å². The van der Waals surface area contributed by atoms with E-state index in [4.69, 9.17) is 17.3 Å². The molecule has 5 heteroatoms. The minimum absolute atomic E-state index is 0.652. The highest BCUT2D eigenvalue weighted by Crippen LogP contribution is 2.36. The largest absolute Gasteiger partial charge is 0.389 e. The van der Waals surface area contributed by atoms with Crippen LogP contribution in [0.1, 0.15) is 13.8 Å². The second kappa shape index (κ2) is 5.95. The van der Waals surface area contributed by atoms with Crippen molar-refractivity contribution < 1.29 is 0 Å². The van der Waals surface area contributed by atoms with Gasteiger partial charge in [0.25, 0.3) is 0 Å². The lowest BCUT2D eigenvalue weighted by Gasteiger charge is -2.00. The van der Waals surface area contributed by atoms with E-state index in [0.29, 0.717) is 5.92 Å². The zero-order valence-corrected chi connectivity index (χ0v) is 12.7. The van der Waals surface area contributed by atoms with Crippen molar-refractivity contribution in [1.29, 1.82) is 0 Å². The van der Waals surface area contributed by atoms with Gasteiger partial charge in [-0.15, -0.1) is 0 Å². The zero-order valence-electron chi connectivity index (χ0n) is 10.3. The number of hydrogen-bond acceptors (Lipinski definition) is 4. The highest BCUT2D eigenvalue weighted by molar-refractivity contribution is 8.01. The van der Waals surface area contributed by atoms with Crippen molar-refractivity contribution in [2.45, 2.75) is 18.2 Å². The average Bonchev–Trinajstić information content (AvgIpc) is 2.69. The van der Waals surface area contributed by atoms with E-state index in [1.807, 2.05) is 24.3 Å². The van der Waals surface area contributed by atoms with E-state index in [1.165, 1.54) is 0 Å². The molecule has 1 aromatic carbocycles. The molecule has 0 saturated carbocycles. The summed E-state index contributed by atoms with van der Waals surface area (Å²) in [6, 6.07) is 7.61. The number of anilines is 1. The Morgan fingerprint density at radius 2 is 2.00 bits per heavy atom. The minimum Gasteiger partial charge on any atom is -0.389 e. The summed E-state index contributed by atoms with van der Waals surface area (Å²) >= 11 is 9.19. The van der Waals surface area contributed by atoms with Crippen LogP contribution in [0.5, 0.6) is 0 Å². The van der Waals surface area contributed by atoms with Crippen molar-refractivity contribution in [2.75, 3.05) is 11.5 Å². The monoisotopic (exact) mass is 298 g/mol. The third-order valence-corrected chi connectivity index (χ3v) is 5.00. The van der Waals surface area contributed by atoms with E-state index < -0.39 is 0 Å². The number of hydrogen-bond donors (Lipinski definition) is 1. The normalized spacial score (nSPS) is 11.1. The molecule has 0 spiro atoms. The molecule has 0 bridgehead atoms. The van der Waals surface area contributed by atoms with E-state index in [1.54, 1.807) is 23.1 Å². The van der Waals surface area contributed by atoms with Gasteiger partial charge in [0.05, 0.1) is 0 Å². The first-order chi connectivity index (χ1) is 8.56. The Balaban J connectivity index is 2.21. The molecule has 1 heterocycles. The van der Waals surface area contributed by atoms with Crippen LogP contribution in [0.25, 0.3) is 11.3 Å². The molecular formula is C13H15ClN2S2. The first-order valence-electron chi connectivity index (χ1n) is 5.71. The van der Waals surface area contributed by atoms with Crippen LogP contribution in [0.4, 0.5) is 5.00 Å². The summed E-state index contributed by atoms with van der Waals surface area (Å²) in [5, 5.41) is 1.49. The third kappa shape index (κ3) is 3.40. The van der Waals surface area contributed by atoms with E-state index in [-0.39, 0.29) is 0 Å². The summed E-state index contributed by atoms with van der Waals surface area (Å²) in [6.45, 7) is 4.40. The van der Waals surface area contributed by atoms with Gasteiger partial charge in [-0.3, -0.25) is 0 Å². The van der Waals surface area contributed by atoms with Gasteiger partial charge in [-0.25, -0.2) is 4.98 Å². The number of rotatable bonds is 4. The fraction of sp³-hybridized carbons (Fsp3) is 0.308. The van der Waals surface area contributed by atoms with Crippen LogP contribution in [0.2, 0.25) is 5.02 Å². The van der Waals surface area contributed by atoms with Crippen molar-refractivity contribution in [1.82, 2.24) is 4.98 Å². The number of nitrogens with two attached hydrogens (primary N) is 1. The van der Waals surface area contributed by atoms with Crippen LogP contribution in [-0.2, 0) is 0 Å². The van der Waals surface area contributed by atoms with Crippen LogP contribution in [-0.4, -0.2) is 10.7 Å². The molecule has 2 rings (SSSR count). The van der Waals surface area contributed by atoms with Gasteiger partial charge in [0.1, 0.15) is 10.7 Å². The van der Waals surface area contributed by atoms with Crippen molar-refractivity contribution in [2.24, 2.45) is 5.92 Å². The molecule has 2 N–H and O–H groups in total. The topological polar surface area (TPSA) is 38.9 Å². The molecule has 0 atom stereocenters. The molecule has 0 aliphatic carbocycles. The Morgan fingerprint density at radius 3 is 2.61 bits per heavy atom. The molecular weight excluding hydrogens is 284 g/mol. The average molecular weight is 299 g/mol. The fourth-order valence-corrected chi connectivity index (χ4v) is 3.48. The summed E-state index contributed by atoms with van der Waals surface area (Å²) in [4.78, 5) is 4.60. The molecule has 18 heavy (non-hydrogen) atoms. The van der Waals surface area contributed by atoms with Crippen LogP contribution in [0.15, 0.2) is 28.6 Å². The molecule has 0 unspecified atom stereocenters. The highest BCUT2D eigenvalue weighted by atomic mass is 35.5. The SMILES string of the molecule is CC(C)CSc1nc(-c2ccc(Cl)cc2)c(N)s1. The predicted molar refractivity (Wildman–Crippen MR) is 82.5 cm³/mol. The molecule has 0 aliphatic heterocycles. The quantitative estimate of drug-likeness (QED) is 0.825. The molecule has 2 aromatic rings. The van der Waals surface area contributed by atoms with Crippen LogP contribution >= 0.6 is 34.7 Å². The van der Waals surface area contributed by atoms with Gasteiger partial charge in [0.15, 0.2) is 4.34 Å². The van der Waals surface area contributed by atoms with E-state index in [9.17, 15) is 0 Å². The lowest BCUT2D eigenvalue weighted by Crippen LogP contribution is -1.89. The molecule has 2 nitrogen and oxygen atoms in total. The predicted octanol–water partition coefficient (Wildman–Crippen LogP) is 4.79. The van der Waals surface area contributed by atoms with Gasteiger partial charge in [0, 0.05) is 16.3 Å². The van der Waals surface area contributed by atoms with Gasteiger partial charge in [-0.05, 0) is 18.1 Å². The molecule has 0 aliphatic rings. The Morgan fingerprint density at radius 1 is 1.33 bits per heavy atom. The first kappa shape index (κ1) is 13.7. The van der Waals surface area contributed by atoms with Gasteiger partial charge in [0.2, 0.25) is 0 Å². The Bertz CT molecular complexity index is 520. The van der Waals surface area contributed by atoms with Gasteiger partial charge in [-0.2, -0.15) is 0 Å². The summed E-state index contributed by atoms with van der Waals surface area (Å²) in [7, 11) is 0. The second-order valence-electron chi connectivity index (χ2n) is 4.40. The van der Waals surface area contributed by atoms with Crippen molar-refractivity contribution >= 4 is 39.7 Å². The maximum atomic E-state index is 6.03. The maximum absolute atomic E-state index is 6.03. The number of nitrogen functional groups attached to an aromatic ring is 1. The third-order valence-electron chi connectivity index (χ3n) is 2.29. The Hall–Kier alpha value is -0.710. The van der Waals surface area contributed by atoms with Crippen molar-refractivity contribution in [3.05, 3.63) is 29.3 Å². The standard InChI is InChI=1S/C13H15ClN2S2/c1-8(2)7-17-13-16-11(12(15)18-13)9-3-5-10(14)6-4-9/h3-6,8H,7,15H2,1-2H3.